The molecular weight excluding hydrogens is 554 g/mol. The van der Waals surface area contributed by atoms with Crippen LogP contribution in [0.15, 0.2) is 47.3 Å². The minimum Gasteiger partial charge on any atom is -0.496 e. The number of benzene rings is 3. The zero-order valence-electron chi connectivity index (χ0n) is 24.9. The second-order valence-electron chi connectivity index (χ2n) is 11.3. The predicted molar refractivity (Wildman–Crippen MR) is 161 cm³/mol. The van der Waals surface area contributed by atoms with E-state index in [-0.39, 0.29) is 24.2 Å². The molecule has 10 heteroatoms. The Hall–Kier alpha value is -4.44. The van der Waals surface area contributed by atoms with Gasteiger partial charge in [-0.1, -0.05) is 31.2 Å². The minimum absolute atomic E-state index is 0.132. The molecule has 0 radical (unpaired) electrons. The average molecular weight is 590 g/mol. The van der Waals surface area contributed by atoms with Gasteiger partial charge < -0.3 is 28.6 Å². The van der Waals surface area contributed by atoms with E-state index in [0.717, 1.165) is 10.8 Å². The van der Waals surface area contributed by atoms with Crippen LogP contribution in [0.5, 0.6) is 11.5 Å². The monoisotopic (exact) mass is 589 g/mol. The van der Waals surface area contributed by atoms with Gasteiger partial charge in [-0.3, -0.25) is 19.2 Å². The largest absolute Gasteiger partial charge is 0.496 e. The third kappa shape index (κ3) is 5.54. The number of aromatic nitrogens is 1. The molecule has 0 saturated carbocycles. The number of carbonyl (C=O) groups is 3. The molecule has 0 spiro atoms. The molecule has 10 nitrogen and oxygen atoms in total. The fraction of sp³-hybridized carbons (Fsp3) is 0.394. The highest BCUT2D eigenvalue weighted by atomic mass is 16.6. The van der Waals surface area contributed by atoms with Crippen molar-refractivity contribution in [3.05, 3.63) is 58.3 Å². The van der Waals surface area contributed by atoms with Crippen molar-refractivity contribution in [2.45, 2.75) is 64.3 Å². The lowest BCUT2D eigenvalue weighted by Gasteiger charge is -2.44. The molecule has 43 heavy (non-hydrogen) atoms. The first kappa shape index (κ1) is 30.0. The quantitative estimate of drug-likeness (QED) is 0.195. The maximum Gasteiger partial charge on any atom is 0.306 e. The maximum atomic E-state index is 14.2. The first-order chi connectivity index (χ1) is 20.5. The average Bonchev–Trinajstić information content (AvgIpc) is 2.97. The van der Waals surface area contributed by atoms with Gasteiger partial charge in [0, 0.05) is 24.9 Å². The molecular formula is C33H35NO9. The first-order valence-electron chi connectivity index (χ1n) is 14.3. The van der Waals surface area contributed by atoms with Gasteiger partial charge in [0.15, 0.2) is 11.9 Å². The number of methoxy groups -OCH3 is 1. The van der Waals surface area contributed by atoms with Crippen LogP contribution in [0, 0.1) is 0 Å². The second kappa shape index (κ2) is 11.7. The van der Waals surface area contributed by atoms with Crippen LogP contribution in [0.2, 0.25) is 0 Å². The summed E-state index contributed by atoms with van der Waals surface area (Å²) < 4.78 is 26.1. The molecule has 0 aliphatic carbocycles. The molecule has 0 bridgehead atoms. The van der Waals surface area contributed by atoms with E-state index >= 15 is 0 Å². The minimum atomic E-state index is -1.16. The summed E-state index contributed by atoms with van der Waals surface area (Å²) in [7, 11) is 3.30. The highest BCUT2D eigenvalue weighted by Gasteiger charge is 2.49. The van der Waals surface area contributed by atoms with Crippen LogP contribution in [0.1, 0.15) is 58.1 Å². The molecule has 4 aromatic rings. The molecule has 5 rings (SSSR count). The van der Waals surface area contributed by atoms with E-state index in [2.05, 4.69) is 0 Å². The number of rotatable bonds is 10. The fourth-order valence-electron chi connectivity index (χ4n) is 5.84. The Balaban J connectivity index is 1.79. The summed E-state index contributed by atoms with van der Waals surface area (Å²) >= 11 is 0. The lowest BCUT2D eigenvalue weighted by atomic mass is 9.86. The number of Topliss-reactive ketones (excluding diaryl/α,β-unsaturated/α-hetero) is 1. The van der Waals surface area contributed by atoms with Crippen molar-refractivity contribution >= 4 is 50.3 Å². The van der Waals surface area contributed by atoms with Gasteiger partial charge in [0.1, 0.15) is 29.8 Å². The Labute approximate surface area is 248 Å². The van der Waals surface area contributed by atoms with Crippen LogP contribution in [-0.2, 0) is 30.9 Å². The molecule has 0 saturated heterocycles. The molecule has 0 amide bonds. The molecule has 2 atom stereocenters. The van der Waals surface area contributed by atoms with E-state index in [9.17, 15) is 19.2 Å². The van der Waals surface area contributed by atoms with Gasteiger partial charge in [-0.2, -0.15) is 0 Å². The summed E-state index contributed by atoms with van der Waals surface area (Å²) in [4.78, 5) is 50.8. The van der Waals surface area contributed by atoms with Crippen LogP contribution >= 0.6 is 0 Å². The number of hydrogen-bond acceptors (Lipinski definition) is 8. The van der Waals surface area contributed by atoms with Crippen LogP contribution in [0.3, 0.4) is 0 Å². The summed E-state index contributed by atoms with van der Waals surface area (Å²) in [6.45, 7) is 5.08. The van der Waals surface area contributed by atoms with Crippen molar-refractivity contribution in [3.63, 3.8) is 0 Å². The number of carbonyl (C=O) groups excluding carboxylic acids is 2. The molecule has 1 aliphatic heterocycles. The van der Waals surface area contributed by atoms with Gasteiger partial charge in [0.05, 0.1) is 41.9 Å². The molecule has 1 aromatic heterocycles. The van der Waals surface area contributed by atoms with E-state index < -0.39 is 36.2 Å². The third-order valence-electron chi connectivity index (χ3n) is 7.89. The fourth-order valence-corrected chi connectivity index (χ4v) is 5.84. The molecule has 3 aromatic carbocycles. The van der Waals surface area contributed by atoms with Crippen molar-refractivity contribution in [2.75, 3.05) is 13.7 Å². The third-order valence-corrected chi connectivity index (χ3v) is 7.89. The smallest absolute Gasteiger partial charge is 0.306 e. The van der Waals surface area contributed by atoms with Crippen LogP contribution < -0.4 is 14.9 Å². The highest BCUT2D eigenvalue weighted by Crippen LogP contribution is 2.49. The van der Waals surface area contributed by atoms with Crippen molar-refractivity contribution in [1.82, 2.24) is 4.57 Å². The Morgan fingerprint density at radius 2 is 1.74 bits per heavy atom. The Kier molecular flexibility index (Phi) is 8.16. The van der Waals surface area contributed by atoms with Crippen LogP contribution in [0.4, 0.5) is 0 Å². The van der Waals surface area contributed by atoms with Crippen molar-refractivity contribution in [2.24, 2.45) is 7.05 Å². The van der Waals surface area contributed by atoms with E-state index in [1.54, 1.807) is 19.9 Å². The number of esters is 1. The van der Waals surface area contributed by atoms with E-state index in [0.29, 0.717) is 51.7 Å². The summed E-state index contributed by atoms with van der Waals surface area (Å²) in [5, 5.41) is 11.7. The van der Waals surface area contributed by atoms with Crippen LogP contribution in [0.25, 0.3) is 32.6 Å². The number of carboxylic acids is 1. The van der Waals surface area contributed by atoms with Gasteiger partial charge in [0.2, 0.25) is 5.43 Å². The maximum absolute atomic E-state index is 14.2. The van der Waals surface area contributed by atoms with E-state index in [1.807, 2.05) is 54.9 Å². The zero-order valence-corrected chi connectivity index (χ0v) is 24.9. The van der Waals surface area contributed by atoms with Gasteiger partial charge in [-0.25, -0.2) is 0 Å². The topological polar surface area (TPSA) is 130 Å². The van der Waals surface area contributed by atoms with Gasteiger partial charge >= 0.3 is 11.9 Å². The molecule has 0 fully saturated rings. The lowest BCUT2D eigenvalue weighted by Crippen LogP contribution is -2.52. The molecule has 2 heterocycles. The Morgan fingerprint density at radius 3 is 2.40 bits per heavy atom. The van der Waals surface area contributed by atoms with Crippen molar-refractivity contribution < 1.29 is 38.4 Å². The Morgan fingerprint density at radius 1 is 1.05 bits per heavy atom. The number of aryl methyl sites for hydroxylation is 1. The normalized spacial score (nSPS) is 17.4. The zero-order chi connectivity index (χ0) is 31.1. The SMILES string of the molecule is CCCC(=O)CO[C@@H]1c2c(cc(OC)c3c(=O)c4cc5ccccc5cc4n(C)c23)OC(C)(C)[C@@H]1OC(=O)CCC(=O)O. The van der Waals surface area contributed by atoms with Gasteiger partial charge in [0.25, 0.3) is 0 Å². The number of hydrogen-bond donors (Lipinski definition) is 1. The number of ketones is 1. The highest BCUT2D eigenvalue weighted by molar-refractivity contribution is 6.04. The molecule has 1 N–H and O–H groups in total. The van der Waals surface area contributed by atoms with E-state index in [1.165, 1.54) is 7.11 Å². The second-order valence-corrected chi connectivity index (χ2v) is 11.3. The predicted octanol–water partition coefficient (Wildman–Crippen LogP) is 5.23. The summed E-state index contributed by atoms with van der Waals surface area (Å²) in [5.74, 6) is -1.35. The van der Waals surface area contributed by atoms with Crippen molar-refractivity contribution in [3.8, 4) is 11.5 Å². The summed E-state index contributed by atoms with van der Waals surface area (Å²) in [6, 6.07) is 13.2. The number of aliphatic carboxylic acids is 1. The number of fused-ring (bicyclic) bond motifs is 5. The van der Waals surface area contributed by atoms with Gasteiger partial charge in [-0.05, 0) is 43.2 Å². The first-order valence-corrected chi connectivity index (χ1v) is 14.3. The number of ether oxygens (including phenoxy) is 4. The molecule has 226 valence electrons. The van der Waals surface area contributed by atoms with Crippen molar-refractivity contribution in [1.29, 1.82) is 0 Å². The number of nitrogens with zero attached hydrogens (tertiary/aromatic N) is 1. The lowest BCUT2D eigenvalue weighted by molar-refractivity contribution is -0.185. The number of carboxylic acid groups (broad SMARTS) is 1. The van der Waals surface area contributed by atoms with Crippen LogP contribution in [-0.4, -0.2) is 52.8 Å². The molecule has 0 unspecified atom stereocenters. The summed E-state index contributed by atoms with van der Waals surface area (Å²) in [5.41, 5.74) is 0.137. The Bertz CT molecular complexity index is 1820. The number of pyridine rings is 1. The van der Waals surface area contributed by atoms with Gasteiger partial charge in [-0.15, -0.1) is 0 Å². The van der Waals surface area contributed by atoms with E-state index in [4.69, 9.17) is 24.1 Å². The summed E-state index contributed by atoms with van der Waals surface area (Å²) in [6.07, 6.45) is -1.91. The molecule has 1 aliphatic rings. The standard InChI is InChI=1S/C33H35NO9/c1-6-9-20(35)17-41-31-28-24(43-33(2,3)32(31)42-26(38)13-12-25(36)37)16-23(40-5)27-29(28)34(4)22-15-19-11-8-7-10-18(19)14-21(22)30(27)39/h7-8,10-11,14-16,31-32H,6,9,12-13,17H2,1-5H3,(H,36,37)/t31-,32-/m1/s1.